The molecule has 4 aliphatic rings. The van der Waals surface area contributed by atoms with Gasteiger partial charge in [-0.1, -0.05) is 73.1 Å². The van der Waals surface area contributed by atoms with Crippen molar-refractivity contribution < 1.29 is 19.0 Å². The van der Waals surface area contributed by atoms with Crippen LogP contribution in [0.5, 0.6) is 0 Å². The van der Waals surface area contributed by atoms with Gasteiger partial charge in [0, 0.05) is 38.2 Å². The van der Waals surface area contributed by atoms with E-state index in [2.05, 4.69) is 39.9 Å². The zero-order valence-corrected chi connectivity index (χ0v) is 32.7. The molecule has 7 heteroatoms. The monoisotopic (exact) mass is 690 g/mol. The largest absolute Gasteiger partial charge is 0.378 e. The minimum atomic E-state index is 0.0856. The fraction of sp³-hybridized carbons (Fsp3) is 0.976. The number of rotatable bonds is 23. The first-order valence-electron chi connectivity index (χ1n) is 21.3. The van der Waals surface area contributed by atoms with Crippen LogP contribution in [0.1, 0.15) is 157 Å². The van der Waals surface area contributed by atoms with Gasteiger partial charge in [-0.25, -0.2) is 0 Å². The standard InChI is InChI=1S/C42H79N3O4/c1-6-8-10-11-12-13-24-45-39(46)19-16-31(3)34-17-18-35-40-36(30-38(42(34,35)5)49-27-15-23-44)41(4)21-20-33(47-26-14-22-43)28-32(41)29-37(40)48-25-9-7-2/h31-38,40H,6-30,43-44H2,1-5H3,(H,45,46)/t31-,32?,33-,34-,35+,36+,37?,38+,40?,41+,42-/m1/s1. The quantitative estimate of drug-likeness (QED) is 0.0930. The SMILES string of the molecule is CCCCCCCCNC(=O)CC[C@@H](C)[C@H]1CC[C@H]2C3C(OCCCC)CC4C[C@H](OCCCN)CC[C@]4(C)[C@H]3C[C@H](OCCCN)[C@]12C. The third kappa shape index (κ3) is 10.2. The Morgan fingerprint density at radius 2 is 1.49 bits per heavy atom. The lowest BCUT2D eigenvalue weighted by atomic mass is 9.43. The van der Waals surface area contributed by atoms with E-state index in [-0.39, 0.29) is 22.8 Å². The number of amides is 1. The lowest BCUT2D eigenvalue weighted by molar-refractivity contribution is -0.227. The highest BCUT2D eigenvalue weighted by Crippen LogP contribution is 2.69. The van der Waals surface area contributed by atoms with E-state index in [1.165, 1.54) is 64.2 Å². The molecule has 11 atom stereocenters. The van der Waals surface area contributed by atoms with E-state index >= 15 is 0 Å². The summed E-state index contributed by atoms with van der Waals surface area (Å²) in [5.74, 6) is 3.66. The maximum absolute atomic E-state index is 12.9. The van der Waals surface area contributed by atoms with Gasteiger partial charge in [-0.2, -0.15) is 0 Å². The first kappa shape index (κ1) is 41.0. The van der Waals surface area contributed by atoms with Gasteiger partial charge in [0.25, 0.3) is 0 Å². The molecule has 0 aromatic rings. The van der Waals surface area contributed by atoms with Gasteiger partial charge < -0.3 is 31.0 Å². The second-order valence-corrected chi connectivity index (χ2v) is 17.3. The molecule has 0 spiro atoms. The van der Waals surface area contributed by atoms with Crippen molar-refractivity contribution in [2.45, 2.75) is 175 Å². The Bertz CT molecular complexity index is 951. The zero-order chi connectivity index (χ0) is 35.3. The summed E-state index contributed by atoms with van der Waals surface area (Å²) in [6, 6.07) is 0. The van der Waals surface area contributed by atoms with Crippen LogP contribution < -0.4 is 16.8 Å². The molecule has 4 rings (SSSR count). The smallest absolute Gasteiger partial charge is 0.220 e. The number of hydrogen-bond donors (Lipinski definition) is 3. The van der Waals surface area contributed by atoms with E-state index in [0.717, 1.165) is 77.7 Å². The van der Waals surface area contributed by atoms with Crippen LogP contribution in [-0.4, -0.2) is 63.7 Å². The van der Waals surface area contributed by atoms with E-state index < -0.39 is 0 Å². The van der Waals surface area contributed by atoms with Crippen molar-refractivity contribution in [3.05, 3.63) is 0 Å². The second-order valence-electron chi connectivity index (χ2n) is 17.3. The van der Waals surface area contributed by atoms with Crippen molar-refractivity contribution in [3.8, 4) is 0 Å². The summed E-state index contributed by atoms with van der Waals surface area (Å²) in [7, 11) is 0. The predicted octanol–water partition coefficient (Wildman–Crippen LogP) is 8.41. The average molecular weight is 690 g/mol. The third-order valence-electron chi connectivity index (χ3n) is 14.3. The molecule has 0 aliphatic heterocycles. The minimum Gasteiger partial charge on any atom is -0.378 e. The van der Waals surface area contributed by atoms with Crippen molar-refractivity contribution >= 4 is 5.91 Å². The maximum atomic E-state index is 12.9. The van der Waals surface area contributed by atoms with Crippen LogP contribution in [0.2, 0.25) is 0 Å². The molecule has 7 nitrogen and oxygen atoms in total. The van der Waals surface area contributed by atoms with Crippen LogP contribution in [0, 0.1) is 46.3 Å². The summed E-state index contributed by atoms with van der Waals surface area (Å²) in [6.07, 6.45) is 22.5. The average Bonchev–Trinajstić information content (AvgIpc) is 3.45. The number of fused-ring (bicyclic) bond motifs is 5. The summed E-state index contributed by atoms with van der Waals surface area (Å²) in [5.41, 5.74) is 12.2. The predicted molar refractivity (Wildman–Crippen MR) is 202 cm³/mol. The molecule has 286 valence electrons. The summed E-state index contributed by atoms with van der Waals surface area (Å²) >= 11 is 0. The molecule has 3 unspecified atom stereocenters. The normalized spacial score (nSPS) is 36.1. The van der Waals surface area contributed by atoms with Crippen molar-refractivity contribution in [2.24, 2.45) is 57.8 Å². The van der Waals surface area contributed by atoms with Crippen LogP contribution in [-0.2, 0) is 19.0 Å². The van der Waals surface area contributed by atoms with Gasteiger partial charge in [0.05, 0.1) is 18.3 Å². The molecule has 1 amide bonds. The van der Waals surface area contributed by atoms with Crippen molar-refractivity contribution in [3.63, 3.8) is 0 Å². The van der Waals surface area contributed by atoms with Crippen LogP contribution in [0.25, 0.3) is 0 Å². The van der Waals surface area contributed by atoms with Crippen LogP contribution in [0.3, 0.4) is 0 Å². The Morgan fingerprint density at radius 1 is 0.796 bits per heavy atom. The Balaban J connectivity index is 1.49. The van der Waals surface area contributed by atoms with Gasteiger partial charge in [0.1, 0.15) is 0 Å². The summed E-state index contributed by atoms with van der Waals surface area (Å²) < 4.78 is 20.4. The first-order valence-corrected chi connectivity index (χ1v) is 21.3. The summed E-state index contributed by atoms with van der Waals surface area (Å²) in [6.45, 7) is 16.8. The highest BCUT2D eigenvalue weighted by molar-refractivity contribution is 5.75. The van der Waals surface area contributed by atoms with Gasteiger partial charge in [-0.15, -0.1) is 0 Å². The van der Waals surface area contributed by atoms with Gasteiger partial charge >= 0.3 is 0 Å². The number of carbonyl (C=O) groups excluding carboxylic acids is 1. The molecule has 4 aliphatic carbocycles. The summed E-state index contributed by atoms with van der Waals surface area (Å²) in [5, 5.41) is 3.24. The van der Waals surface area contributed by atoms with E-state index in [0.29, 0.717) is 67.2 Å². The molecule has 0 bridgehead atoms. The highest BCUT2D eigenvalue weighted by atomic mass is 16.5. The van der Waals surface area contributed by atoms with Crippen molar-refractivity contribution in [1.29, 1.82) is 0 Å². The number of carbonyl (C=O) groups is 1. The molecule has 0 heterocycles. The fourth-order valence-electron chi connectivity index (χ4n) is 11.4. The van der Waals surface area contributed by atoms with Gasteiger partial charge in [-0.3, -0.25) is 4.79 Å². The number of unbranched alkanes of at least 4 members (excludes halogenated alkanes) is 6. The third-order valence-corrected chi connectivity index (χ3v) is 14.3. The summed E-state index contributed by atoms with van der Waals surface area (Å²) in [4.78, 5) is 12.9. The maximum Gasteiger partial charge on any atom is 0.220 e. The molecule has 5 N–H and O–H groups in total. The lowest BCUT2D eigenvalue weighted by Crippen LogP contribution is -2.63. The molecule has 4 saturated carbocycles. The van der Waals surface area contributed by atoms with Crippen LogP contribution >= 0.6 is 0 Å². The Morgan fingerprint density at radius 3 is 2.22 bits per heavy atom. The van der Waals surface area contributed by atoms with Gasteiger partial charge in [0.2, 0.25) is 5.91 Å². The second kappa shape index (κ2) is 20.5. The number of nitrogens with one attached hydrogen (secondary N) is 1. The van der Waals surface area contributed by atoms with Crippen molar-refractivity contribution in [2.75, 3.05) is 39.5 Å². The van der Waals surface area contributed by atoms with E-state index in [9.17, 15) is 4.79 Å². The highest BCUT2D eigenvalue weighted by Gasteiger charge is 2.66. The molecule has 0 saturated heterocycles. The minimum absolute atomic E-state index is 0.0856. The molecular formula is C42H79N3O4. The molecular weight excluding hydrogens is 610 g/mol. The molecule has 0 aromatic carbocycles. The fourth-order valence-corrected chi connectivity index (χ4v) is 11.4. The number of nitrogens with two attached hydrogens (primary N) is 2. The Labute approximate surface area is 301 Å². The lowest BCUT2D eigenvalue weighted by Gasteiger charge is -2.65. The molecule has 49 heavy (non-hydrogen) atoms. The Kier molecular flexibility index (Phi) is 17.2. The molecule has 0 aromatic heterocycles. The van der Waals surface area contributed by atoms with Crippen molar-refractivity contribution in [1.82, 2.24) is 5.32 Å². The van der Waals surface area contributed by atoms with Crippen LogP contribution in [0.15, 0.2) is 0 Å². The first-order chi connectivity index (χ1) is 23.7. The van der Waals surface area contributed by atoms with E-state index in [1.54, 1.807) is 0 Å². The topological polar surface area (TPSA) is 109 Å². The Hall–Kier alpha value is -0.730. The number of hydrogen-bond acceptors (Lipinski definition) is 6. The molecule has 4 fully saturated rings. The van der Waals surface area contributed by atoms with Gasteiger partial charge in [-0.05, 0) is 131 Å². The molecule has 0 radical (unpaired) electrons. The van der Waals surface area contributed by atoms with Crippen LogP contribution in [0.4, 0.5) is 0 Å². The van der Waals surface area contributed by atoms with E-state index in [1.807, 2.05) is 0 Å². The van der Waals surface area contributed by atoms with Gasteiger partial charge in [0.15, 0.2) is 0 Å². The zero-order valence-electron chi connectivity index (χ0n) is 32.7. The number of ether oxygens (including phenoxy) is 3. The van der Waals surface area contributed by atoms with E-state index in [4.69, 9.17) is 25.7 Å².